The van der Waals surface area contributed by atoms with E-state index in [0.717, 1.165) is 48.5 Å². The minimum absolute atomic E-state index is 0.0147. The van der Waals surface area contributed by atoms with Gasteiger partial charge >= 0.3 is 0 Å². The van der Waals surface area contributed by atoms with Crippen molar-refractivity contribution in [2.45, 2.75) is 31.7 Å². The summed E-state index contributed by atoms with van der Waals surface area (Å²) in [5.41, 5.74) is 2.45. The van der Waals surface area contributed by atoms with Crippen LogP contribution in [0.5, 0.6) is 5.75 Å². The lowest BCUT2D eigenvalue weighted by Gasteiger charge is -2.29. The van der Waals surface area contributed by atoms with Gasteiger partial charge in [0, 0.05) is 12.0 Å². The number of halogens is 1. The normalized spacial score (nSPS) is 19.9. The molecule has 152 valence electrons. The van der Waals surface area contributed by atoms with E-state index in [9.17, 15) is 9.18 Å². The number of methoxy groups -OCH3 is 1. The van der Waals surface area contributed by atoms with E-state index in [1.165, 1.54) is 18.6 Å². The lowest BCUT2D eigenvalue weighted by Crippen LogP contribution is -2.40. The maximum Gasteiger partial charge on any atom is 0.257 e. The van der Waals surface area contributed by atoms with Crippen molar-refractivity contribution < 1.29 is 13.9 Å². The number of piperidine rings is 1. The van der Waals surface area contributed by atoms with E-state index in [2.05, 4.69) is 10.0 Å². The van der Waals surface area contributed by atoms with Crippen molar-refractivity contribution in [2.75, 3.05) is 26.7 Å². The summed E-state index contributed by atoms with van der Waals surface area (Å²) in [6, 6.07) is 13.9. The Morgan fingerprint density at radius 2 is 1.90 bits per heavy atom. The van der Waals surface area contributed by atoms with E-state index in [-0.39, 0.29) is 17.8 Å². The first-order valence-electron chi connectivity index (χ1n) is 10.2. The molecule has 5 nitrogen and oxygen atoms in total. The van der Waals surface area contributed by atoms with Crippen molar-refractivity contribution in [1.29, 1.82) is 0 Å². The number of hydrazone groups is 1. The van der Waals surface area contributed by atoms with Crippen LogP contribution in [0.3, 0.4) is 0 Å². The molecule has 29 heavy (non-hydrogen) atoms. The smallest absolute Gasteiger partial charge is 0.257 e. The largest absolute Gasteiger partial charge is 0.497 e. The first kappa shape index (κ1) is 19.6. The number of likely N-dealkylation sites (tertiary alicyclic amines) is 1. The van der Waals surface area contributed by atoms with Crippen LogP contribution in [0.25, 0.3) is 0 Å². The predicted octanol–water partition coefficient (Wildman–Crippen LogP) is 4.00. The molecule has 0 spiro atoms. The number of amides is 1. The van der Waals surface area contributed by atoms with Crippen molar-refractivity contribution in [1.82, 2.24) is 9.91 Å². The van der Waals surface area contributed by atoms with Gasteiger partial charge in [-0.3, -0.25) is 9.69 Å². The van der Waals surface area contributed by atoms with Gasteiger partial charge < -0.3 is 4.74 Å². The van der Waals surface area contributed by atoms with Crippen LogP contribution in [0.4, 0.5) is 4.39 Å². The fourth-order valence-electron chi connectivity index (χ4n) is 4.05. The summed E-state index contributed by atoms with van der Waals surface area (Å²) >= 11 is 0. The Balaban J connectivity index is 1.60. The zero-order chi connectivity index (χ0) is 20.2. The SMILES string of the molecule is COc1ccc([C@H]2CC(c3cccc(F)c3)=NN2C(=O)CN2CCCCC2)cc1. The van der Waals surface area contributed by atoms with Gasteiger partial charge in [0.05, 0.1) is 25.4 Å². The Bertz CT molecular complexity index is 891. The average molecular weight is 395 g/mol. The molecule has 2 aromatic carbocycles. The zero-order valence-electron chi connectivity index (χ0n) is 16.7. The quantitative estimate of drug-likeness (QED) is 0.769. The molecule has 2 aliphatic heterocycles. The van der Waals surface area contributed by atoms with E-state index >= 15 is 0 Å². The van der Waals surface area contributed by atoms with Gasteiger partial charge in [-0.25, -0.2) is 9.40 Å². The van der Waals surface area contributed by atoms with Gasteiger partial charge in [0.2, 0.25) is 0 Å². The molecule has 0 unspecified atom stereocenters. The molecule has 0 bridgehead atoms. The molecule has 0 aromatic heterocycles. The maximum absolute atomic E-state index is 13.7. The maximum atomic E-state index is 13.7. The summed E-state index contributed by atoms with van der Waals surface area (Å²) < 4.78 is 19.0. The molecule has 6 heteroatoms. The number of hydrogen-bond donors (Lipinski definition) is 0. The Hall–Kier alpha value is -2.73. The molecule has 0 radical (unpaired) electrons. The molecule has 0 N–H and O–H groups in total. The van der Waals surface area contributed by atoms with Gasteiger partial charge in [-0.15, -0.1) is 0 Å². The first-order valence-corrected chi connectivity index (χ1v) is 10.2. The summed E-state index contributed by atoms with van der Waals surface area (Å²) in [5.74, 6) is 0.452. The highest BCUT2D eigenvalue weighted by Crippen LogP contribution is 2.34. The third-order valence-corrected chi connectivity index (χ3v) is 5.63. The minimum Gasteiger partial charge on any atom is -0.497 e. The highest BCUT2D eigenvalue weighted by Gasteiger charge is 2.34. The summed E-state index contributed by atoms with van der Waals surface area (Å²) in [6.45, 7) is 2.27. The third-order valence-electron chi connectivity index (χ3n) is 5.63. The van der Waals surface area contributed by atoms with Crippen molar-refractivity contribution >= 4 is 11.6 Å². The Morgan fingerprint density at radius 1 is 1.14 bits per heavy atom. The second-order valence-corrected chi connectivity index (χ2v) is 7.63. The molecule has 0 saturated carbocycles. The number of rotatable bonds is 5. The summed E-state index contributed by atoms with van der Waals surface area (Å²) in [5, 5.41) is 6.23. The number of hydrogen-bond acceptors (Lipinski definition) is 4. The molecular weight excluding hydrogens is 369 g/mol. The van der Waals surface area contributed by atoms with Gasteiger partial charge in [-0.05, 0) is 55.8 Å². The topological polar surface area (TPSA) is 45.1 Å². The first-order chi connectivity index (χ1) is 14.1. The van der Waals surface area contributed by atoms with Crippen molar-refractivity contribution in [3.8, 4) is 5.75 Å². The summed E-state index contributed by atoms with van der Waals surface area (Å²) in [7, 11) is 1.63. The van der Waals surface area contributed by atoms with Crippen LogP contribution < -0.4 is 4.74 Å². The van der Waals surface area contributed by atoms with Crippen LogP contribution in [-0.4, -0.2) is 48.3 Å². The zero-order valence-corrected chi connectivity index (χ0v) is 16.7. The molecular formula is C23H26FN3O2. The van der Waals surface area contributed by atoms with E-state index in [4.69, 9.17) is 4.74 Å². The fourth-order valence-corrected chi connectivity index (χ4v) is 4.05. The molecule has 2 heterocycles. The van der Waals surface area contributed by atoms with E-state index < -0.39 is 0 Å². The van der Waals surface area contributed by atoms with Gasteiger partial charge in [0.15, 0.2) is 0 Å². The number of carbonyl (C=O) groups is 1. The Morgan fingerprint density at radius 3 is 2.59 bits per heavy atom. The van der Waals surface area contributed by atoms with Crippen molar-refractivity contribution in [3.05, 3.63) is 65.5 Å². The number of ether oxygens (including phenoxy) is 1. The lowest BCUT2D eigenvalue weighted by atomic mass is 9.98. The van der Waals surface area contributed by atoms with Crippen LogP contribution in [0.2, 0.25) is 0 Å². The van der Waals surface area contributed by atoms with Crippen LogP contribution in [0, 0.1) is 5.82 Å². The van der Waals surface area contributed by atoms with E-state index in [0.29, 0.717) is 13.0 Å². The molecule has 1 saturated heterocycles. The monoisotopic (exact) mass is 395 g/mol. The number of nitrogens with zero attached hydrogens (tertiary/aromatic N) is 3. The van der Waals surface area contributed by atoms with Gasteiger partial charge in [-0.2, -0.15) is 5.10 Å². The molecule has 0 aliphatic carbocycles. The highest BCUT2D eigenvalue weighted by atomic mass is 19.1. The minimum atomic E-state index is -0.302. The predicted molar refractivity (Wildman–Crippen MR) is 110 cm³/mol. The molecule has 2 aliphatic rings. The lowest BCUT2D eigenvalue weighted by molar-refractivity contribution is -0.134. The average Bonchev–Trinajstić information content (AvgIpc) is 3.20. The van der Waals surface area contributed by atoms with E-state index in [1.807, 2.05) is 30.3 Å². The van der Waals surface area contributed by atoms with Gasteiger partial charge in [-0.1, -0.05) is 30.7 Å². The Kier molecular flexibility index (Phi) is 5.90. The number of benzene rings is 2. The van der Waals surface area contributed by atoms with Crippen LogP contribution in [0.1, 0.15) is 42.9 Å². The van der Waals surface area contributed by atoms with Gasteiger partial charge in [0.25, 0.3) is 5.91 Å². The van der Waals surface area contributed by atoms with Crippen LogP contribution >= 0.6 is 0 Å². The molecule has 2 aromatic rings. The third kappa shape index (κ3) is 4.48. The molecule has 1 amide bonds. The van der Waals surface area contributed by atoms with Crippen LogP contribution in [-0.2, 0) is 4.79 Å². The molecule has 4 rings (SSSR count). The second kappa shape index (κ2) is 8.74. The Labute approximate surface area is 170 Å². The standard InChI is InChI=1S/C23H26FN3O2/c1-29-20-10-8-17(9-11-20)22-15-21(18-6-5-7-19(24)14-18)25-27(22)23(28)16-26-12-3-2-4-13-26/h5-11,14,22H,2-4,12-13,15-16H2,1H3/t22-/m1/s1. The second-order valence-electron chi connectivity index (χ2n) is 7.63. The molecule has 1 fully saturated rings. The number of carbonyl (C=O) groups excluding carboxylic acids is 1. The summed E-state index contributed by atoms with van der Waals surface area (Å²) in [4.78, 5) is 15.3. The van der Waals surface area contributed by atoms with Crippen molar-refractivity contribution in [2.24, 2.45) is 5.10 Å². The fraction of sp³-hybridized carbons (Fsp3) is 0.391. The molecule has 1 atom stereocenters. The van der Waals surface area contributed by atoms with E-state index in [1.54, 1.807) is 18.2 Å². The highest BCUT2D eigenvalue weighted by molar-refractivity contribution is 6.03. The van der Waals surface area contributed by atoms with Crippen molar-refractivity contribution in [3.63, 3.8) is 0 Å². The van der Waals surface area contributed by atoms with Gasteiger partial charge in [0.1, 0.15) is 11.6 Å². The summed E-state index contributed by atoms with van der Waals surface area (Å²) in [6.07, 6.45) is 4.05. The van der Waals surface area contributed by atoms with Crippen LogP contribution in [0.15, 0.2) is 53.6 Å².